The minimum atomic E-state index is -1.12. The van der Waals surface area contributed by atoms with Crippen molar-refractivity contribution in [2.24, 2.45) is 0 Å². The van der Waals surface area contributed by atoms with E-state index in [2.05, 4.69) is 0 Å². The molecule has 0 aliphatic heterocycles. The fourth-order valence-electron chi connectivity index (χ4n) is 2.70. The number of carbonyl (C=O) groups is 2. The smallest absolute Gasteiger partial charge is 0.346 e. The Hall–Kier alpha value is -3.42. The van der Waals surface area contributed by atoms with Gasteiger partial charge in [-0.25, -0.2) is 4.79 Å². The summed E-state index contributed by atoms with van der Waals surface area (Å²) in [6, 6.07) is 7.45. The molecule has 2 rings (SSSR count). The van der Waals surface area contributed by atoms with Crippen LogP contribution in [0.2, 0.25) is 0 Å². The number of carbonyl (C=O) groups excluding carboxylic acids is 2. The summed E-state index contributed by atoms with van der Waals surface area (Å²) in [5.74, 6) is -1.11. The van der Waals surface area contributed by atoms with Crippen molar-refractivity contribution in [1.82, 2.24) is 0 Å². The summed E-state index contributed by atoms with van der Waals surface area (Å²) in [5, 5.41) is 11.4. The van der Waals surface area contributed by atoms with Crippen LogP contribution in [0.15, 0.2) is 30.3 Å². The van der Waals surface area contributed by atoms with Crippen LogP contribution in [0.5, 0.6) is 11.5 Å². The van der Waals surface area contributed by atoms with Gasteiger partial charge in [0.05, 0.1) is 24.7 Å². The van der Waals surface area contributed by atoms with Crippen molar-refractivity contribution in [1.29, 1.82) is 0 Å². The molecular weight excluding hydrogens is 378 g/mol. The highest BCUT2D eigenvalue weighted by molar-refractivity contribution is 6.02. The van der Waals surface area contributed by atoms with Crippen LogP contribution in [-0.4, -0.2) is 36.5 Å². The summed E-state index contributed by atoms with van der Waals surface area (Å²) in [7, 11) is 1.35. The summed E-state index contributed by atoms with van der Waals surface area (Å²) in [4.78, 5) is 35.9. The number of ether oxygens (including phenoxy) is 3. The topological polar surface area (TPSA) is 105 Å². The average Bonchev–Trinajstić information content (AvgIpc) is 2.69. The molecule has 0 N–H and O–H groups in total. The Morgan fingerprint density at radius 3 is 2.34 bits per heavy atom. The molecule has 8 nitrogen and oxygen atoms in total. The molecule has 0 fully saturated rings. The second-order valence-electron chi connectivity index (χ2n) is 6.42. The van der Waals surface area contributed by atoms with E-state index in [1.807, 2.05) is 13.8 Å². The molecular formula is C21H23NO7. The Bertz CT molecular complexity index is 952. The SMILES string of the molecule is CCOc1cc([N+](=O)[O-])c(C(=O)O[C@H](C)C(=O)c2ccc(C)c(C)c2)cc1OC. The number of nitro groups is 1. The van der Waals surface area contributed by atoms with Gasteiger partial charge in [0.25, 0.3) is 5.69 Å². The molecule has 0 aromatic heterocycles. The van der Waals surface area contributed by atoms with Crippen LogP contribution in [0.3, 0.4) is 0 Å². The maximum atomic E-state index is 12.6. The maximum Gasteiger partial charge on any atom is 0.346 e. The van der Waals surface area contributed by atoms with Crippen LogP contribution >= 0.6 is 0 Å². The normalized spacial score (nSPS) is 11.5. The van der Waals surface area contributed by atoms with E-state index in [0.717, 1.165) is 17.2 Å². The lowest BCUT2D eigenvalue weighted by atomic mass is 10.0. The molecule has 0 aliphatic carbocycles. The van der Waals surface area contributed by atoms with E-state index in [0.29, 0.717) is 5.56 Å². The van der Waals surface area contributed by atoms with E-state index < -0.39 is 28.5 Å². The van der Waals surface area contributed by atoms with Crippen molar-refractivity contribution in [2.45, 2.75) is 33.8 Å². The molecule has 29 heavy (non-hydrogen) atoms. The number of hydrogen-bond acceptors (Lipinski definition) is 7. The summed E-state index contributed by atoms with van der Waals surface area (Å²) in [5.41, 5.74) is 1.54. The summed E-state index contributed by atoms with van der Waals surface area (Å²) < 4.78 is 15.7. The highest BCUT2D eigenvalue weighted by atomic mass is 16.6. The fourth-order valence-corrected chi connectivity index (χ4v) is 2.70. The van der Waals surface area contributed by atoms with Crippen LogP contribution < -0.4 is 9.47 Å². The Balaban J connectivity index is 2.32. The lowest BCUT2D eigenvalue weighted by Crippen LogP contribution is -2.25. The van der Waals surface area contributed by atoms with Crippen molar-refractivity contribution in [3.63, 3.8) is 0 Å². The van der Waals surface area contributed by atoms with E-state index in [1.54, 1.807) is 25.1 Å². The van der Waals surface area contributed by atoms with Gasteiger partial charge in [0.15, 0.2) is 17.6 Å². The third-order valence-electron chi connectivity index (χ3n) is 4.44. The molecule has 0 saturated heterocycles. The number of nitrogens with zero attached hydrogens (tertiary/aromatic N) is 1. The Morgan fingerprint density at radius 2 is 1.79 bits per heavy atom. The number of rotatable bonds is 8. The first-order valence-corrected chi connectivity index (χ1v) is 9.01. The van der Waals surface area contributed by atoms with Crippen molar-refractivity contribution >= 4 is 17.4 Å². The zero-order valence-electron chi connectivity index (χ0n) is 17.0. The van der Waals surface area contributed by atoms with Crippen LogP contribution in [0.4, 0.5) is 5.69 Å². The van der Waals surface area contributed by atoms with Gasteiger partial charge in [0, 0.05) is 11.6 Å². The molecule has 0 saturated carbocycles. The Kier molecular flexibility index (Phi) is 6.93. The van der Waals surface area contributed by atoms with Gasteiger partial charge in [0.2, 0.25) is 5.78 Å². The highest BCUT2D eigenvalue weighted by Gasteiger charge is 2.28. The third-order valence-corrected chi connectivity index (χ3v) is 4.44. The molecule has 0 bridgehead atoms. The molecule has 0 radical (unpaired) electrons. The van der Waals surface area contributed by atoms with E-state index >= 15 is 0 Å². The molecule has 0 unspecified atom stereocenters. The van der Waals surface area contributed by atoms with Crippen molar-refractivity contribution in [3.8, 4) is 11.5 Å². The van der Waals surface area contributed by atoms with Gasteiger partial charge in [-0.2, -0.15) is 0 Å². The van der Waals surface area contributed by atoms with Gasteiger partial charge >= 0.3 is 5.97 Å². The van der Waals surface area contributed by atoms with Crippen LogP contribution in [0.1, 0.15) is 45.7 Å². The van der Waals surface area contributed by atoms with Crippen LogP contribution in [0, 0.1) is 24.0 Å². The van der Waals surface area contributed by atoms with Crippen molar-refractivity contribution in [2.75, 3.05) is 13.7 Å². The third kappa shape index (κ3) is 4.90. The molecule has 2 aromatic rings. The van der Waals surface area contributed by atoms with E-state index in [1.165, 1.54) is 20.1 Å². The first-order chi connectivity index (χ1) is 13.7. The minimum absolute atomic E-state index is 0.137. The van der Waals surface area contributed by atoms with Gasteiger partial charge in [-0.15, -0.1) is 0 Å². The number of hydrogen-bond donors (Lipinski definition) is 0. The minimum Gasteiger partial charge on any atom is -0.493 e. The summed E-state index contributed by atoms with van der Waals surface area (Å²) >= 11 is 0. The number of nitro benzene ring substituents is 1. The molecule has 154 valence electrons. The first kappa shape index (κ1) is 21.9. The largest absolute Gasteiger partial charge is 0.493 e. The predicted molar refractivity (Wildman–Crippen MR) is 106 cm³/mol. The molecule has 0 spiro atoms. The monoisotopic (exact) mass is 401 g/mol. The van der Waals surface area contributed by atoms with E-state index in [-0.39, 0.29) is 23.7 Å². The Morgan fingerprint density at radius 1 is 1.10 bits per heavy atom. The van der Waals surface area contributed by atoms with Gasteiger partial charge in [-0.1, -0.05) is 12.1 Å². The number of Topliss-reactive ketones (excluding diaryl/α,β-unsaturated/α-hetero) is 1. The van der Waals surface area contributed by atoms with Crippen molar-refractivity contribution < 1.29 is 28.7 Å². The van der Waals surface area contributed by atoms with Crippen LogP contribution in [0.25, 0.3) is 0 Å². The first-order valence-electron chi connectivity index (χ1n) is 9.01. The second-order valence-corrected chi connectivity index (χ2v) is 6.42. The number of methoxy groups -OCH3 is 1. The average molecular weight is 401 g/mol. The van der Waals surface area contributed by atoms with Gasteiger partial charge in [0.1, 0.15) is 5.56 Å². The van der Waals surface area contributed by atoms with E-state index in [9.17, 15) is 19.7 Å². The van der Waals surface area contributed by atoms with Gasteiger partial charge in [-0.3, -0.25) is 14.9 Å². The van der Waals surface area contributed by atoms with Gasteiger partial charge < -0.3 is 14.2 Å². The molecule has 2 aromatic carbocycles. The molecule has 0 amide bonds. The zero-order chi connectivity index (χ0) is 21.7. The van der Waals surface area contributed by atoms with Gasteiger partial charge in [-0.05, 0) is 44.9 Å². The lowest BCUT2D eigenvalue weighted by Gasteiger charge is -2.15. The van der Waals surface area contributed by atoms with Crippen molar-refractivity contribution in [3.05, 3.63) is 62.7 Å². The fraction of sp³-hybridized carbons (Fsp3) is 0.333. The number of esters is 1. The highest BCUT2D eigenvalue weighted by Crippen LogP contribution is 2.35. The zero-order valence-corrected chi connectivity index (χ0v) is 17.0. The predicted octanol–water partition coefficient (Wildman–Crippen LogP) is 4.05. The quantitative estimate of drug-likeness (QED) is 0.284. The maximum absolute atomic E-state index is 12.6. The number of ketones is 1. The molecule has 0 aliphatic rings. The summed E-state index contributed by atoms with van der Waals surface area (Å²) in [6.07, 6.45) is -1.12. The summed E-state index contributed by atoms with van der Waals surface area (Å²) in [6.45, 7) is 7.20. The Labute approximate surface area is 168 Å². The lowest BCUT2D eigenvalue weighted by molar-refractivity contribution is -0.385. The molecule has 8 heteroatoms. The van der Waals surface area contributed by atoms with Crippen LogP contribution in [-0.2, 0) is 4.74 Å². The standard InChI is InChI=1S/C21H23NO7/c1-6-28-19-11-17(22(25)26)16(10-18(19)27-5)21(24)29-14(4)20(23)15-8-7-12(2)13(3)9-15/h7-11,14H,6H2,1-5H3/t14-/m1/s1. The second kappa shape index (κ2) is 9.18. The molecule has 0 heterocycles. The number of aryl methyl sites for hydroxylation is 2. The molecule has 1 atom stereocenters. The van der Waals surface area contributed by atoms with E-state index in [4.69, 9.17) is 14.2 Å². The number of benzene rings is 2.